The van der Waals surface area contributed by atoms with Crippen LogP contribution in [0.15, 0.2) is 23.1 Å². The van der Waals surface area contributed by atoms with Gasteiger partial charge in [-0.05, 0) is 30.5 Å². The van der Waals surface area contributed by atoms with Gasteiger partial charge in [0.2, 0.25) is 10.0 Å². The first-order valence-corrected chi connectivity index (χ1v) is 8.37. The van der Waals surface area contributed by atoms with Gasteiger partial charge in [0.05, 0.1) is 11.5 Å². The van der Waals surface area contributed by atoms with Gasteiger partial charge in [-0.2, -0.15) is 0 Å². The molecule has 0 aliphatic heterocycles. The van der Waals surface area contributed by atoms with Crippen LogP contribution in [0.2, 0.25) is 0 Å². The molecule has 5 nitrogen and oxygen atoms in total. The smallest absolute Gasteiger partial charge is 0.240 e. The average molecular weight is 300 g/mol. The molecule has 0 spiro atoms. The van der Waals surface area contributed by atoms with Gasteiger partial charge in [-0.15, -0.1) is 0 Å². The van der Waals surface area contributed by atoms with Crippen LogP contribution < -0.4 is 10.5 Å². The van der Waals surface area contributed by atoms with E-state index in [0.717, 1.165) is 18.4 Å². The standard InChI is InChI=1S/C14H24N2O3S/c1-3-4-9-19-10-8-16-20(17,18)14-7-5-6-13(11-15)12(14)2/h5-7,16H,3-4,8-11,15H2,1-2H3. The lowest BCUT2D eigenvalue weighted by molar-refractivity contribution is 0.136. The third-order valence-corrected chi connectivity index (χ3v) is 4.69. The molecule has 20 heavy (non-hydrogen) atoms. The van der Waals surface area contributed by atoms with Crippen molar-refractivity contribution in [3.63, 3.8) is 0 Å². The van der Waals surface area contributed by atoms with E-state index >= 15 is 0 Å². The zero-order valence-corrected chi connectivity index (χ0v) is 13.0. The number of benzene rings is 1. The number of sulfonamides is 1. The molecular formula is C14H24N2O3S. The topological polar surface area (TPSA) is 81.4 Å². The van der Waals surface area contributed by atoms with E-state index < -0.39 is 10.0 Å². The molecule has 0 aromatic heterocycles. The molecule has 0 radical (unpaired) electrons. The summed E-state index contributed by atoms with van der Waals surface area (Å²) in [5.41, 5.74) is 7.14. The van der Waals surface area contributed by atoms with Crippen LogP contribution in [0.4, 0.5) is 0 Å². The molecule has 0 saturated heterocycles. The lowest BCUT2D eigenvalue weighted by Crippen LogP contribution is -2.28. The largest absolute Gasteiger partial charge is 0.380 e. The van der Waals surface area contributed by atoms with Crippen LogP contribution >= 0.6 is 0 Å². The molecule has 1 rings (SSSR count). The number of nitrogens with two attached hydrogens (primary N) is 1. The third kappa shape index (κ3) is 4.86. The maximum Gasteiger partial charge on any atom is 0.240 e. The molecule has 6 heteroatoms. The summed E-state index contributed by atoms with van der Waals surface area (Å²) >= 11 is 0. The van der Waals surface area contributed by atoms with Gasteiger partial charge >= 0.3 is 0 Å². The second kappa shape index (κ2) is 8.36. The maximum atomic E-state index is 12.2. The van der Waals surface area contributed by atoms with Crippen LogP contribution in [0.3, 0.4) is 0 Å². The molecule has 1 aromatic rings. The molecule has 0 saturated carbocycles. The number of unbranched alkanes of at least 4 members (excludes halogenated alkanes) is 1. The number of rotatable bonds is 9. The minimum atomic E-state index is -3.50. The summed E-state index contributed by atoms with van der Waals surface area (Å²) < 4.78 is 32.3. The highest BCUT2D eigenvalue weighted by Crippen LogP contribution is 2.18. The van der Waals surface area contributed by atoms with Crippen LogP contribution in [0.5, 0.6) is 0 Å². The Kier molecular flexibility index (Phi) is 7.15. The van der Waals surface area contributed by atoms with Gasteiger partial charge in [-0.25, -0.2) is 13.1 Å². The first kappa shape index (κ1) is 17.1. The van der Waals surface area contributed by atoms with Crippen molar-refractivity contribution >= 4 is 10.0 Å². The highest BCUT2D eigenvalue weighted by molar-refractivity contribution is 7.89. The Morgan fingerprint density at radius 1 is 1.30 bits per heavy atom. The van der Waals surface area contributed by atoms with Crippen LogP contribution in [0.25, 0.3) is 0 Å². The fraction of sp³-hybridized carbons (Fsp3) is 0.571. The summed E-state index contributed by atoms with van der Waals surface area (Å²) in [6.07, 6.45) is 2.06. The molecule has 1 aromatic carbocycles. The van der Waals surface area contributed by atoms with Crippen molar-refractivity contribution in [2.75, 3.05) is 19.8 Å². The van der Waals surface area contributed by atoms with Gasteiger partial charge in [0.25, 0.3) is 0 Å². The molecule has 0 atom stereocenters. The van der Waals surface area contributed by atoms with Crippen molar-refractivity contribution in [3.05, 3.63) is 29.3 Å². The van der Waals surface area contributed by atoms with E-state index in [2.05, 4.69) is 11.6 Å². The summed E-state index contributed by atoms with van der Waals surface area (Å²) in [5, 5.41) is 0. The molecule has 0 heterocycles. The van der Waals surface area contributed by atoms with E-state index in [1.54, 1.807) is 19.1 Å². The number of hydrogen-bond donors (Lipinski definition) is 2. The normalized spacial score (nSPS) is 11.8. The molecule has 0 aliphatic carbocycles. The Morgan fingerprint density at radius 2 is 2.05 bits per heavy atom. The molecule has 0 unspecified atom stereocenters. The Hall–Kier alpha value is -0.950. The van der Waals surface area contributed by atoms with E-state index in [0.29, 0.717) is 25.3 Å². The molecule has 0 fully saturated rings. The number of ether oxygens (including phenoxy) is 1. The minimum absolute atomic E-state index is 0.276. The van der Waals surface area contributed by atoms with Gasteiger partial charge in [0.1, 0.15) is 0 Å². The van der Waals surface area contributed by atoms with Gasteiger partial charge in [0.15, 0.2) is 0 Å². The maximum absolute atomic E-state index is 12.2. The SMILES string of the molecule is CCCCOCCNS(=O)(=O)c1cccc(CN)c1C. The highest BCUT2D eigenvalue weighted by Gasteiger charge is 2.17. The fourth-order valence-corrected chi connectivity index (χ4v) is 3.15. The summed E-state index contributed by atoms with van der Waals surface area (Å²) in [7, 11) is -3.50. The fourth-order valence-electron chi connectivity index (χ4n) is 1.85. The van der Waals surface area contributed by atoms with E-state index in [1.165, 1.54) is 0 Å². The molecule has 0 aliphatic rings. The van der Waals surface area contributed by atoms with Gasteiger partial charge in [-0.1, -0.05) is 25.5 Å². The van der Waals surface area contributed by atoms with Crippen LogP contribution in [0.1, 0.15) is 30.9 Å². The summed E-state index contributed by atoms with van der Waals surface area (Å²) in [5.74, 6) is 0. The van der Waals surface area contributed by atoms with Crippen molar-refractivity contribution in [1.82, 2.24) is 4.72 Å². The van der Waals surface area contributed by atoms with Crippen molar-refractivity contribution in [1.29, 1.82) is 0 Å². The zero-order chi connectivity index (χ0) is 15.0. The molecule has 114 valence electrons. The van der Waals surface area contributed by atoms with Crippen molar-refractivity contribution in [2.45, 2.75) is 38.1 Å². The lowest BCUT2D eigenvalue weighted by atomic mass is 10.1. The van der Waals surface area contributed by atoms with Gasteiger partial charge < -0.3 is 10.5 Å². The Morgan fingerprint density at radius 3 is 2.70 bits per heavy atom. The minimum Gasteiger partial charge on any atom is -0.380 e. The second-order valence-corrected chi connectivity index (χ2v) is 6.34. The summed E-state index contributed by atoms with van der Waals surface area (Å²) in [6.45, 7) is 5.51. The van der Waals surface area contributed by atoms with Gasteiger partial charge in [0, 0.05) is 19.7 Å². The number of hydrogen-bond acceptors (Lipinski definition) is 4. The first-order valence-electron chi connectivity index (χ1n) is 6.89. The predicted molar refractivity (Wildman–Crippen MR) is 80.0 cm³/mol. The quantitative estimate of drug-likeness (QED) is 0.678. The molecule has 0 amide bonds. The highest BCUT2D eigenvalue weighted by atomic mass is 32.2. The second-order valence-electron chi connectivity index (χ2n) is 4.61. The Balaban J connectivity index is 2.61. The molecular weight excluding hydrogens is 276 g/mol. The van der Waals surface area contributed by atoms with Crippen molar-refractivity contribution in [2.24, 2.45) is 5.73 Å². The van der Waals surface area contributed by atoms with E-state index in [-0.39, 0.29) is 11.4 Å². The molecule has 0 bridgehead atoms. The summed E-state index contributed by atoms with van der Waals surface area (Å²) in [6, 6.07) is 5.14. The molecule has 3 N–H and O–H groups in total. The summed E-state index contributed by atoms with van der Waals surface area (Å²) in [4.78, 5) is 0.286. The van der Waals surface area contributed by atoms with E-state index in [4.69, 9.17) is 10.5 Å². The number of nitrogens with one attached hydrogen (secondary N) is 1. The third-order valence-electron chi connectivity index (χ3n) is 3.09. The van der Waals surface area contributed by atoms with Crippen molar-refractivity contribution in [3.8, 4) is 0 Å². The Bertz CT molecular complexity index is 515. The van der Waals surface area contributed by atoms with Gasteiger partial charge in [-0.3, -0.25) is 0 Å². The monoisotopic (exact) mass is 300 g/mol. The average Bonchev–Trinajstić information content (AvgIpc) is 2.42. The van der Waals surface area contributed by atoms with Crippen LogP contribution in [-0.4, -0.2) is 28.2 Å². The van der Waals surface area contributed by atoms with Crippen LogP contribution in [0, 0.1) is 6.92 Å². The first-order chi connectivity index (χ1) is 9.53. The predicted octanol–water partition coefficient (Wildman–Crippen LogP) is 1.55. The van der Waals surface area contributed by atoms with Crippen LogP contribution in [-0.2, 0) is 21.3 Å². The van der Waals surface area contributed by atoms with E-state index in [1.807, 2.05) is 6.07 Å². The zero-order valence-electron chi connectivity index (χ0n) is 12.2. The lowest BCUT2D eigenvalue weighted by Gasteiger charge is -2.12. The van der Waals surface area contributed by atoms with Crippen molar-refractivity contribution < 1.29 is 13.2 Å². The van der Waals surface area contributed by atoms with E-state index in [9.17, 15) is 8.42 Å². The Labute approximate surface area is 121 Å².